The van der Waals surface area contributed by atoms with Crippen LogP contribution in [0.1, 0.15) is 29.6 Å². The zero-order valence-electron chi connectivity index (χ0n) is 9.86. The second-order valence-electron chi connectivity index (χ2n) is 4.21. The lowest BCUT2D eigenvalue weighted by molar-refractivity contribution is 0.0697. The molecule has 1 aromatic heterocycles. The zero-order chi connectivity index (χ0) is 13.0. The number of rotatable bonds is 5. The monoisotopic (exact) mass is 254 g/mol. The van der Waals surface area contributed by atoms with E-state index < -0.39 is 11.8 Å². The first-order valence-corrected chi connectivity index (χ1v) is 5.91. The molecule has 0 aliphatic carbocycles. The molecule has 1 aromatic rings. The number of carboxylic acid groups (broad SMARTS) is 1. The number of carboxylic acids is 1. The molecule has 6 heteroatoms. The van der Waals surface area contributed by atoms with Gasteiger partial charge in [-0.1, -0.05) is 0 Å². The van der Waals surface area contributed by atoms with Crippen molar-refractivity contribution >= 4 is 11.8 Å². The summed E-state index contributed by atoms with van der Waals surface area (Å²) in [6, 6.07) is 0.962. The molecule has 0 radical (unpaired) electrons. The molecule has 5 nitrogen and oxygen atoms in total. The number of aromatic carboxylic acids is 1. The van der Waals surface area contributed by atoms with Crippen molar-refractivity contribution in [3.63, 3.8) is 0 Å². The van der Waals surface area contributed by atoms with Crippen LogP contribution in [0.4, 0.5) is 10.2 Å². The molecule has 0 spiro atoms. The predicted octanol–water partition coefficient (Wildman–Crippen LogP) is 1.90. The first-order valence-electron chi connectivity index (χ1n) is 5.91. The second kappa shape index (κ2) is 5.77. The van der Waals surface area contributed by atoms with Crippen molar-refractivity contribution in [3.8, 4) is 0 Å². The number of anilines is 1. The molecule has 1 saturated heterocycles. The molecular formula is C12H15FN2O3. The standard InChI is InChI=1S/C12H15FN2O3/c13-8-6-10(12(16)17)11(15-7-8)14-4-3-9-2-1-5-18-9/h6-7,9H,1-5H2,(H,14,15)(H,16,17). The highest BCUT2D eigenvalue weighted by Gasteiger charge is 2.16. The number of aromatic nitrogens is 1. The van der Waals surface area contributed by atoms with Gasteiger partial charge >= 0.3 is 5.97 Å². The fourth-order valence-corrected chi connectivity index (χ4v) is 1.97. The van der Waals surface area contributed by atoms with E-state index in [-0.39, 0.29) is 17.5 Å². The summed E-state index contributed by atoms with van der Waals surface area (Å²) in [5.41, 5.74) is -0.151. The Balaban J connectivity index is 1.93. The molecule has 2 N–H and O–H groups in total. The molecule has 1 unspecified atom stereocenters. The van der Waals surface area contributed by atoms with Crippen LogP contribution in [0.25, 0.3) is 0 Å². The van der Waals surface area contributed by atoms with E-state index in [1.807, 2.05) is 0 Å². The molecular weight excluding hydrogens is 239 g/mol. The third-order valence-electron chi connectivity index (χ3n) is 2.87. The van der Waals surface area contributed by atoms with E-state index in [9.17, 15) is 9.18 Å². The summed E-state index contributed by atoms with van der Waals surface area (Å²) in [5, 5.41) is 11.8. The summed E-state index contributed by atoms with van der Waals surface area (Å²) < 4.78 is 18.4. The van der Waals surface area contributed by atoms with Gasteiger partial charge in [0.15, 0.2) is 0 Å². The van der Waals surface area contributed by atoms with Gasteiger partial charge in [0.1, 0.15) is 17.2 Å². The third kappa shape index (κ3) is 3.16. The molecule has 0 bridgehead atoms. The van der Waals surface area contributed by atoms with Gasteiger partial charge in [-0.25, -0.2) is 14.2 Å². The van der Waals surface area contributed by atoms with Crippen LogP contribution in [-0.2, 0) is 4.74 Å². The zero-order valence-corrected chi connectivity index (χ0v) is 9.86. The van der Waals surface area contributed by atoms with Crippen molar-refractivity contribution in [1.82, 2.24) is 4.98 Å². The minimum absolute atomic E-state index is 0.151. The molecule has 1 fully saturated rings. The first-order chi connectivity index (χ1) is 8.66. The van der Waals surface area contributed by atoms with Crippen LogP contribution < -0.4 is 5.32 Å². The number of nitrogens with one attached hydrogen (secondary N) is 1. The van der Waals surface area contributed by atoms with Gasteiger partial charge in [-0.05, 0) is 25.3 Å². The number of pyridine rings is 1. The van der Waals surface area contributed by atoms with Gasteiger partial charge in [-0.2, -0.15) is 0 Å². The van der Waals surface area contributed by atoms with Crippen LogP contribution in [0.5, 0.6) is 0 Å². The summed E-state index contributed by atoms with van der Waals surface area (Å²) in [6.07, 6.45) is 4.12. The van der Waals surface area contributed by atoms with Gasteiger partial charge in [0.25, 0.3) is 0 Å². The first kappa shape index (κ1) is 12.8. The van der Waals surface area contributed by atoms with Crippen LogP contribution in [0.2, 0.25) is 0 Å². The average molecular weight is 254 g/mol. The lowest BCUT2D eigenvalue weighted by Crippen LogP contribution is -2.15. The summed E-state index contributed by atoms with van der Waals surface area (Å²) in [5.74, 6) is -1.65. The van der Waals surface area contributed by atoms with Crippen molar-refractivity contribution in [2.24, 2.45) is 0 Å². The Hall–Kier alpha value is -1.69. The highest BCUT2D eigenvalue weighted by atomic mass is 19.1. The topological polar surface area (TPSA) is 71.5 Å². The van der Waals surface area contributed by atoms with Crippen LogP contribution in [0.3, 0.4) is 0 Å². The Kier molecular flexibility index (Phi) is 4.09. The Morgan fingerprint density at radius 1 is 1.67 bits per heavy atom. The number of carbonyl (C=O) groups is 1. The van der Waals surface area contributed by atoms with E-state index in [0.717, 1.165) is 38.1 Å². The highest BCUT2D eigenvalue weighted by molar-refractivity contribution is 5.93. The predicted molar refractivity (Wildman–Crippen MR) is 63.2 cm³/mol. The van der Waals surface area contributed by atoms with E-state index in [1.165, 1.54) is 0 Å². The number of hydrogen-bond donors (Lipinski definition) is 2. The minimum Gasteiger partial charge on any atom is -0.478 e. The van der Waals surface area contributed by atoms with Gasteiger partial charge < -0.3 is 15.2 Å². The Morgan fingerprint density at radius 3 is 3.17 bits per heavy atom. The fraction of sp³-hybridized carbons (Fsp3) is 0.500. The molecule has 98 valence electrons. The lowest BCUT2D eigenvalue weighted by atomic mass is 10.2. The SMILES string of the molecule is O=C(O)c1cc(F)cnc1NCCC1CCCO1. The second-order valence-corrected chi connectivity index (χ2v) is 4.21. The van der Waals surface area contributed by atoms with E-state index in [1.54, 1.807) is 0 Å². The summed E-state index contributed by atoms with van der Waals surface area (Å²) >= 11 is 0. The van der Waals surface area contributed by atoms with Crippen molar-refractivity contribution in [2.45, 2.75) is 25.4 Å². The molecule has 1 aliphatic rings. The summed E-state index contributed by atoms with van der Waals surface area (Å²) in [6.45, 7) is 1.35. The number of nitrogens with zero attached hydrogens (tertiary/aromatic N) is 1. The third-order valence-corrected chi connectivity index (χ3v) is 2.87. The molecule has 2 heterocycles. The van der Waals surface area contributed by atoms with Crippen molar-refractivity contribution in [3.05, 3.63) is 23.6 Å². The van der Waals surface area contributed by atoms with E-state index in [4.69, 9.17) is 9.84 Å². The van der Waals surface area contributed by atoms with E-state index in [0.29, 0.717) is 6.54 Å². The summed E-state index contributed by atoms with van der Waals surface area (Å²) in [4.78, 5) is 14.7. The average Bonchev–Trinajstić information content (AvgIpc) is 2.84. The van der Waals surface area contributed by atoms with Crippen LogP contribution in [0.15, 0.2) is 12.3 Å². The fourth-order valence-electron chi connectivity index (χ4n) is 1.97. The van der Waals surface area contributed by atoms with Gasteiger partial charge in [-0.15, -0.1) is 0 Å². The Labute approximate surface area is 104 Å². The van der Waals surface area contributed by atoms with Crippen LogP contribution in [-0.4, -0.2) is 35.3 Å². The molecule has 1 aliphatic heterocycles. The highest BCUT2D eigenvalue weighted by Crippen LogP contribution is 2.17. The number of hydrogen-bond acceptors (Lipinski definition) is 4. The Morgan fingerprint density at radius 2 is 2.50 bits per heavy atom. The maximum atomic E-state index is 12.9. The minimum atomic E-state index is -1.19. The van der Waals surface area contributed by atoms with Crippen LogP contribution in [0, 0.1) is 5.82 Å². The number of ether oxygens (including phenoxy) is 1. The van der Waals surface area contributed by atoms with Gasteiger partial charge in [0.2, 0.25) is 0 Å². The lowest BCUT2D eigenvalue weighted by Gasteiger charge is -2.11. The maximum absolute atomic E-state index is 12.9. The Bertz CT molecular complexity index is 433. The van der Waals surface area contributed by atoms with Gasteiger partial charge in [0, 0.05) is 13.2 Å². The van der Waals surface area contributed by atoms with Crippen LogP contribution >= 0.6 is 0 Å². The molecule has 0 saturated carbocycles. The molecule has 18 heavy (non-hydrogen) atoms. The van der Waals surface area contributed by atoms with E-state index >= 15 is 0 Å². The normalized spacial score (nSPS) is 18.8. The quantitative estimate of drug-likeness (QED) is 0.839. The molecule has 0 aromatic carbocycles. The van der Waals surface area contributed by atoms with Gasteiger partial charge in [-0.3, -0.25) is 0 Å². The molecule has 1 atom stereocenters. The maximum Gasteiger partial charge on any atom is 0.339 e. The summed E-state index contributed by atoms with van der Waals surface area (Å²) in [7, 11) is 0. The smallest absolute Gasteiger partial charge is 0.339 e. The molecule has 0 amide bonds. The largest absolute Gasteiger partial charge is 0.478 e. The molecule has 2 rings (SSSR count). The van der Waals surface area contributed by atoms with Crippen molar-refractivity contribution in [1.29, 1.82) is 0 Å². The van der Waals surface area contributed by atoms with Crippen molar-refractivity contribution in [2.75, 3.05) is 18.5 Å². The van der Waals surface area contributed by atoms with Gasteiger partial charge in [0.05, 0.1) is 12.3 Å². The van der Waals surface area contributed by atoms with Crippen molar-refractivity contribution < 1.29 is 19.0 Å². The van der Waals surface area contributed by atoms with E-state index in [2.05, 4.69) is 10.3 Å². The number of halogens is 1.